The van der Waals surface area contributed by atoms with Gasteiger partial charge >= 0.3 is 5.97 Å². The van der Waals surface area contributed by atoms with Crippen LogP contribution in [0.25, 0.3) is 0 Å². The fourth-order valence-corrected chi connectivity index (χ4v) is 5.17. The lowest BCUT2D eigenvalue weighted by Gasteiger charge is -2.46. The molecule has 0 amide bonds. The molecule has 0 radical (unpaired) electrons. The number of esters is 1. The summed E-state index contributed by atoms with van der Waals surface area (Å²) in [7, 11) is 1.39. The Hall–Kier alpha value is -1.46. The van der Waals surface area contributed by atoms with E-state index in [-0.39, 0.29) is 41.5 Å². The predicted molar refractivity (Wildman–Crippen MR) is 116 cm³/mol. The number of aliphatic hydroxyl groups is 2. The van der Waals surface area contributed by atoms with Gasteiger partial charge in [-0.2, -0.15) is 0 Å². The minimum absolute atomic E-state index is 0.112. The Morgan fingerprint density at radius 2 is 2.03 bits per heavy atom. The third-order valence-corrected chi connectivity index (χ3v) is 7.43. The zero-order valence-corrected chi connectivity index (χ0v) is 18.3. The average molecular weight is 419 g/mol. The van der Waals surface area contributed by atoms with Gasteiger partial charge < -0.3 is 14.9 Å². The molecule has 0 aliphatic heterocycles. The van der Waals surface area contributed by atoms with Crippen molar-refractivity contribution >= 4 is 11.8 Å². The van der Waals surface area contributed by atoms with Gasteiger partial charge in [0.15, 0.2) is 0 Å². The molecule has 2 N–H and O–H groups in total. The predicted octanol–water partition coefficient (Wildman–Crippen LogP) is 4.12. The zero-order valence-electron chi connectivity index (χ0n) is 18.3. The van der Waals surface area contributed by atoms with Crippen molar-refractivity contribution in [2.45, 2.75) is 89.3 Å². The maximum atomic E-state index is 12.3. The monoisotopic (exact) mass is 418 g/mol. The molecule has 0 aromatic heterocycles. The van der Waals surface area contributed by atoms with Crippen LogP contribution in [0.4, 0.5) is 0 Å². The molecule has 0 bridgehead atoms. The Balaban J connectivity index is 1.46. The van der Waals surface area contributed by atoms with Crippen LogP contribution in [-0.4, -0.2) is 41.3 Å². The summed E-state index contributed by atoms with van der Waals surface area (Å²) < 4.78 is 4.62. The van der Waals surface area contributed by atoms with Crippen molar-refractivity contribution in [2.75, 3.05) is 7.11 Å². The van der Waals surface area contributed by atoms with E-state index in [1.807, 2.05) is 24.3 Å². The molecule has 3 saturated carbocycles. The largest absolute Gasteiger partial charge is 0.469 e. The maximum absolute atomic E-state index is 12.3. The Kier molecular flexibility index (Phi) is 8.29. The van der Waals surface area contributed by atoms with E-state index < -0.39 is 6.10 Å². The number of carbonyl (C=O) groups excluding carboxylic acids is 2. The van der Waals surface area contributed by atoms with Crippen LogP contribution in [0.3, 0.4) is 0 Å². The van der Waals surface area contributed by atoms with E-state index in [2.05, 4.69) is 4.74 Å². The summed E-state index contributed by atoms with van der Waals surface area (Å²) in [6, 6.07) is 0. The summed E-state index contributed by atoms with van der Waals surface area (Å²) in [4.78, 5) is 23.5. The fraction of sp³-hybridized carbons (Fsp3) is 0.760. The molecule has 0 aromatic carbocycles. The van der Waals surface area contributed by atoms with Crippen LogP contribution in [0.15, 0.2) is 24.3 Å². The molecule has 0 heterocycles. The summed E-state index contributed by atoms with van der Waals surface area (Å²) in [6.07, 6.45) is 17.6. The first-order chi connectivity index (χ1) is 14.4. The minimum Gasteiger partial charge on any atom is -0.469 e. The van der Waals surface area contributed by atoms with Crippen LogP contribution in [0.2, 0.25) is 0 Å². The van der Waals surface area contributed by atoms with E-state index in [9.17, 15) is 19.8 Å². The van der Waals surface area contributed by atoms with Gasteiger partial charge in [-0.15, -0.1) is 0 Å². The van der Waals surface area contributed by atoms with Gasteiger partial charge in [-0.25, -0.2) is 0 Å². The Morgan fingerprint density at radius 1 is 1.27 bits per heavy atom. The van der Waals surface area contributed by atoms with E-state index in [0.29, 0.717) is 19.3 Å². The van der Waals surface area contributed by atoms with Crippen LogP contribution in [-0.2, 0) is 14.3 Å². The number of aliphatic hydroxyl groups excluding tert-OH is 2. The summed E-state index contributed by atoms with van der Waals surface area (Å²) in [6.45, 7) is 0. The van der Waals surface area contributed by atoms with Crippen molar-refractivity contribution in [3.63, 3.8) is 0 Å². The third kappa shape index (κ3) is 6.04. The molecule has 4 atom stereocenters. The highest BCUT2D eigenvalue weighted by Crippen LogP contribution is 2.53. The van der Waals surface area contributed by atoms with E-state index in [0.717, 1.165) is 38.0 Å². The van der Waals surface area contributed by atoms with E-state index in [1.54, 1.807) is 0 Å². The number of Topliss-reactive ketones (excluding diaryl/α,β-unsaturated/α-hetero) is 1. The first-order valence-electron chi connectivity index (χ1n) is 11.7. The molecular formula is C25H38O5. The van der Waals surface area contributed by atoms with Gasteiger partial charge in [0, 0.05) is 24.7 Å². The van der Waals surface area contributed by atoms with Crippen LogP contribution in [0.5, 0.6) is 0 Å². The van der Waals surface area contributed by atoms with Crippen molar-refractivity contribution in [3.05, 3.63) is 24.3 Å². The number of carbonyl (C=O) groups is 2. The highest BCUT2D eigenvalue weighted by atomic mass is 16.5. The van der Waals surface area contributed by atoms with Gasteiger partial charge in [-0.3, -0.25) is 9.59 Å². The first-order valence-corrected chi connectivity index (χ1v) is 11.7. The lowest BCUT2D eigenvalue weighted by atomic mass is 9.61. The minimum atomic E-state index is -0.632. The molecule has 3 aliphatic rings. The number of methoxy groups -OCH3 is 1. The van der Waals surface area contributed by atoms with E-state index in [1.165, 1.54) is 26.4 Å². The number of hydrogen-bond acceptors (Lipinski definition) is 5. The lowest BCUT2D eigenvalue weighted by molar-refractivity contribution is -0.140. The van der Waals surface area contributed by atoms with Crippen LogP contribution < -0.4 is 0 Å². The number of allylic oxidation sites excluding steroid dienone is 2. The molecule has 3 rings (SSSR count). The van der Waals surface area contributed by atoms with Crippen molar-refractivity contribution in [1.29, 1.82) is 0 Å². The number of ether oxygens (including phenoxy) is 1. The second-order valence-corrected chi connectivity index (χ2v) is 9.64. The van der Waals surface area contributed by atoms with E-state index >= 15 is 0 Å². The summed E-state index contributed by atoms with van der Waals surface area (Å²) >= 11 is 0. The van der Waals surface area contributed by atoms with Crippen molar-refractivity contribution in [1.82, 2.24) is 0 Å². The summed E-state index contributed by atoms with van der Waals surface area (Å²) in [5.74, 6) is 0.355. The van der Waals surface area contributed by atoms with Crippen LogP contribution >= 0.6 is 0 Å². The van der Waals surface area contributed by atoms with Crippen molar-refractivity contribution < 1.29 is 24.5 Å². The third-order valence-electron chi connectivity index (χ3n) is 7.43. The molecule has 5 heteroatoms. The van der Waals surface area contributed by atoms with Crippen molar-refractivity contribution in [2.24, 2.45) is 23.2 Å². The molecule has 168 valence electrons. The second-order valence-electron chi connectivity index (χ2n) is 9.64. The Morgan fingerprint density at radius 3 is 2.67 bits per heavy atom. The van der Waals surface area contributed by atoms with Crippen LogP contribution in [0.1, 0.15) is 77.0 Å². The highest BCUT2D eigenvalue weighted by Gasteiger charge is 2.46. The summed E-state index contributed by atoms with van der Waals surface area (Å²) in [5, 5.41) is 21.2. The molecule has 1 unspecified atom stereocenters. The molecule has 3 aliphatic carbocycles. The van der Waals surface area contributed by atoms with Gasteiger partial charge in [0.05, 0.1) is 19.3 Å². The quantitative estimate of drug-likeness (QED) is 0.283. The lowest BCUT2D eigenvalue weighted by Crippen LogP contribution is -2.41. The second kappa shape index (κ2) is 10.7. The van der Waals surface area contributed by atoms with Crippen molar-refractivity contribution in [3.8, 4) is 0 Å². The van der Waals surface area contributed by atoms with Crippen LogP contribution in [0, 0.1) is 23.2 Å². The maximum Gasteiger partial charge on any atom is 0.305 e. The number of ketones is 1. The fourth-order valence-electron chi connectivity index (χ4n) is 5.17. The normalized spacial score (nSPS) is 29.4. The molecule has 5 nitrogen and oxygen atoms in total. The highest BCUT2D eigenvalue weighted by molar-refractivity contribution is 5.84. The standard InChI is InChI=1S/C25H38O5/c1-30-24(29)11-5-3-2-4-8-19-20(22(27)16-21(19)26)9-6-10-23(28)25(14-7-15-25)17-18-12-13-18/h2,4,6,9,18-20,22-23,27-28H,3,5,7-8,10-17H2,1H3/b4-2-,9-6+/t19-,20-,22-,23?/m1/s1. The van der Waals surface area contributed by atoms with Gasteiger partial charge in [0.1, 0.15) is 5.78 Å². The molecule has 30 heavy (non-hydrogen) atoms. The molecule has 3 fully saturated rings. The molecule has 0 saturated heterocycles. The molecule has 0 aromatic rings. The smallest absolute Gasteiger partial charge is 0.305 e. The Labute approximate surface area is 180 Å². The topological polar surface area (TPSA) is 83.8 Å². The van der Waals surface area contributed by atoms with Gasteiger partial charge in [-0.05, 0) is 56.3 Å². The summed E-state index contributed by atoms with van der Waals surface area (Å²) in [5.41, 5.74) is 0.113. The van der Waals surface area contributed by atoms with E-state index in [4.69, 9.17) is 0 Å². The number of hydrogen-bond donors (Lipinski definition) is 2. The first kappa shape index (κ1) is 23.2. The molecule has 0 spiro atoms. The SMILES string of the molecule is COC(=O)CCC/C=C\C[C@H]1C(=O)C[C@@H](O)[C@@H]1/C=C/CC(O)C1(CC2CC2)CCC1. The Bertz CT molecular complexity index is 644. The average Bonchev–Trinajstić information content (AvgIpc) is 3.47. The number of unbranched alkanes of at least 4 members (excludes halogenated alkanes) is 1. The van der Waals surface area contributed by atoms with Gasteiger partial charge in [0.2, 0.25) is 0 Å². The van der Waals surface area contributed by atoms with Gasteiger partial charge in [0.25, 0.3) is 0 Å². The molecular weight excluding hydrogens is 380 g/mol. The number of rotatable bonds is 12. The zero-order chi connectivity index (χ0) is 21.6. The van der Waals surface area contributed by atoms with Gasteiger partial charge in [-0.1, -0.05) is 43.6 Å².